The molecule has 0 saturated carbocycles. The number of hydrogen-bond donors (Lipinski definition) is 2. The van der Waals surface area contributed by atoms with Crippen LogP contribution in [0.2, 0.25) is 0 Å². The van der Waals surface area contributed by atoms with Crippen molar-refractivity contribution in [3.63, 3.8) is 0 Å². The number of para-hydroxylation sites is 1. The van der Waals surface area contributed by atoms with Gasteiger partial charge < -0.3 is 21.3 Å². The minimum absolute atomic E-state index is 0.421. The van der Waals surface area contributed by atoms with E-state index in [0.29, 0.717) is 11.3 Å². The lowest BCUT2D eigenvalue weighted by molar-refractivity contribution is 0.100. The van der Waals surface area contributed by atoms with E-state index < -0.39 is 5.91 Å². The minimum atomic E-state index is -0.421. The molecule has 0 bridgehead atoms. The summed E-state index contributed by atoms with van der Waals surface area (Å²) in [5.41, 5.74) is 13.4. The summed E-state index contributed by atoms with van der Waals surface area (Å²) in [5, 5.41) is 0. The summed E-state index contributed by atoms with van der Waals surface area (Å²) in [5.74, 6) is -0.421. The summed E-state index contributed by atoms with van der Waals surface area (Å²) in [4.78, 5) is 15.9. The maximum atomic E-state index is 11.5. The summed E-state index contributed by atoms with van der Waals surface area (Å²) < 4.78 is 0. The van der Waals surface area contributed by atoms with Crippen LogP contribution in [0.5, 0.6) is 0 Å². The number of nitrogen functional groups attached to an aromatic ring is 1. The SMILES string of the molecule is CN1CCCN(c2c(N)cccc2C(N)=O)CC1. The number of likely N-dealkylation sites (N-methyl/N-ethyl adjacent to an activating group) is 1. The third-order valence-electron chi connectivity index (χ3n) is 3.37. The number of hydrogen-bond acceptors (Lipinski definition) is 4. The number of nitrogens with zero attached hydrogens (tertiary/aromatic N) is 2. The lowest BCUT2D eigenvalue weighted by Crippen LogP contribution is -2.31. The zero-order chi connectivity index (χ0) is 13.1. The summed E-state index contributed by atoms with van der Waals surface area (Å²) in [6.45, 7) is 3.80. The van der Waals surface area contributed by atoms with E-state index in [2.05, 4.69) is 16.8 Å². The van der Waals surface area contributed by atoms with Crippen LogP contribution in [0, 0.1) is 0 Å². The quantitative estimate of drug-likeness (QED) is 0.748. The van der Waals surface area contributed by atoms with Crippen LogP contribution in [0.15, 0.2) is 18.2 Å². The van der Waals surface area contributed by atoms with Gasteiger partial charge >= 0.3 is 0 Å². The standard InChI is InChI=1S/C13H20N4O/c1-16-6-3-7-17(9-8-16)12-10(13(15)18)4-2-5-11(12)14/h2,4-5H,3,6-9,14H2,1H3,(H2,15,18). The molecule has 1 fully saturated rings. The molecular formula is C13H20N4O. The van der Waals surface area contributed by atoms with E-state index in [1.165, 1.54) is 0 Å². The number of benzene rings is 1. The molecule has 1 aromatic carbocycles. The third kappa shape index (κ3) is 2.56. The van der Waals surface area contributed by atoms with Gasteiger partial charge in [0.15, 0.2) is 0 Å². The second-order valence-corrected chi connectivity index (χ2v) is 4.75. The number of rotatable bonds is 2. The Kier molecular flexibility index (Phi) is 3.72. The maximum absolute atomic E-state index is 11.5. The lowest BCUT2D eigenvalue weighted by Gasteiger charge is -2.26. The highest BCUT2D eigenvalue weighted by atomic mass is 16.1. The number of carbonyl (C=O) groups is 1. The fourth-order valence-corrected chi connectivity index (χ4v) is 2.38. The Hall–Kier alpha value is -1.75. The van der Waals surface area contributed by atoms with Crippen molar-refractivity contribution in [2.24, 2.45) is 5.73 Å². The van der Waals surface area contributed by atoms with E-state index in [0.717, 1.165) is 38.3 Å². The van der Waals surface area contributed by atoms with Gasteiger partial charge in [-0.1, -0.05) is 6.07 Å². The Labute approximate surface area is 107 Å². The molecule has 2 rings (SSSR count). The molecule has 0 aromatic heterocycles. The fourth-order valence-electron chi connectivity index (χ4n) is 2.38. The molecule has 0 unspecified atom stereocenters. The molecular weight excluding hydrogens is 228 g/mol. The van der Waals surface area contributed by atoms with Gasteiger partial charge in [-0.3, -0.25) is 4.79 Å². The highest BCUT2D eigenvalue weighted by Crippen LogP contribution is 2.28. The van der Waals surface area contributed by atoms with Gasteiger partial charge in [0, 0.05) is 19.6 Å². The molecule has 0 aliphatic carbocycles. The van der Waals surface area contributed by atoms with Gasteiger partial charge in [0.25, 0.3) is 5.91 Å². The molecule has 0 atom stereocenters. The first-order valence-corrected chi connectivity index (χ1v) is 6.21. The highest BCUT2D eigenvalue weighted by Gasteiger charge is 2.19. The van der Waals surface area contributed by atoms with Crippen LogP contribution in [-0.4, -0.2) is 44.0 Å². The maximum Gasteiger partial charge on any atom is 0.250 e. The lowest BCUT2D eigenvalue weighted by atomic mass is 10.1. The highest BCUT2D eigenvalue weighted by molar-refractivity contribution is 6.01. The van der Waals surface area contributed by atoms with E-state index >= 15 is 0 Å². The number of anilines is 2. The van der Waals surface area contributed by atoms with E-state index in [4.69, 9.17) is 11.5 Å². The topological polar surface area (TPSA) is 75.6 Å². The Morgan fingerprint density at radius 1 is 1.22 bits per heavy atom. The zero-order valence-corrected chi connectivity index (χ0v) is 10.7. The first kappa shape index (κ1) is 12.7. The van der Waals surface area contributed by atoms with E-state index in [-0.39, 0.29) is 0 Å². The molecule has 1 heterocycles. The van der Waals surface area contributed by atoms with Crippen LogP contribution in [0.3, 0.4) is 0 Å². The van der Waals surface area contributed by atoms with Crippen LogP contribution in [0.25, 0.3) is 0 Å². The van der Waals surface area contributed by atoms with Gasteiger partial charge in [-0.15, -0.1) is 0 Å². The first-order chi connectivity index (χ1) is 8.59. The normalized spacial score (nSPS) is 17.5. The van der Waals surface area contributed by atoms with Gasteiger partial charge in [-0.2, -0.15) is 0 Å². The third-order valence-corrected chi connectivity index (χ3v) is 3.37. The Morgan fingerprint density at radius 3 is 2.72 bits per heavy atom. The largest absolute Gasteiger partial charge is 0.397 e. The van der Waals surface area contributed by atoms with Gasteiger partial charge in [-0.05, 0) is 32.1 Å². The molecule has 4 N–H and O–H groups in total. The van der Waals surface area contributed by atoms with E-state index in [1.807, 2.05) is 6.07 Å². The molecule has 1 saturated heterocycles. The van der Waals surface area contributed by atoms with Crippen molar-refractivity contribution in [1.82, 2.24) is 4.90 Å². The molecule has 18 heavy (non-hydrogen) atoms. The van der Waals surface area contributed by atoms with Crippen LogP contribution in [-0.2, 0) is 0 Å². The molecule has 5 nitrogen and oxygen atoms in total. The summed E-state index contributed by atoms with van der Waals surface area (Å²) in [6.07, 6.45) is 1.06. The fraction of sp³-hybridized carbons (Fsp3) is 0.462. The molecule has 98 valence electrons. The molecule has 5 heteroatoms. The van der Waals surface area contributed by atoms with Gasteiger partial charge in [0.05, 0.1) is 16.9 Å². The first-order valence-electron chi connectivity index (χ1n) is 6.21. The summed E-state index contributed by atoms with van der Waals surface area (Å²) in [6, 6.07) is 5.32. The average molecular weight is 248 g/mol. The Bertz CT molecular complexity index is 447. The number of primary amides is 1. The number of carbonyl (C=O) groups excluding carboxylic acids is 1. The molecule has 1 amide bonds. The van der Waals surface area contributed by atoms with Gasteiger partial charge in [0.1, 0.15) is 0 Å². The van der Waals surface area contributed by atoms with E-state index in [9.17, 15) is 4.79 Å². The number of nitrogens with two attached hydrogens (primary N) is 2. The molecule has 1 aliphatic heterocycles. The molecule has 1 aliphatic rings. The van der Waals surface area contributed by atoms with Crippen LogP contribution >= 0.6 is 0 Å². The van der Waals surface area contributed by atoms with Crippen molar-refractivity contribution in [1.29, 1.82) is 0 Å². The van der Waals surface area contributed by atoms with Crippen molar-refractivity contribution in [2.75, 3.05) is 43.9 Å². The second kappa shape index (κ2) is 5.27. The van der Waals surface area contributed by atoms with E-state index in [1.54, 1.807) is 12.1 Å². The van der Waals surface area contributed by atoms with Gasteiger partial charge in [0.2, 0.25) is 0 Å². The number of amides is 1. The van der Waals surface area contributed by atoms with Crippen molar-refractivity contribution < 1.29 is 4.79 Å². The van der Waals surface area contributed by atoms with Gasteiger partial charge in [-0.25, -0.2) is 0 Å². The zero-order valence-electron chi connectivity index (χ0n) is 10.7. The van der Waals surface area contributed by atoms with Crippen molar-refractivity contribution >= 4 is 17.3 Å². The van der Waals surface area contributed by atoms with Crippen molar-refractivity contribution in [2.45, 2.75) is 6.42 Å². The second-order valence-electron chi connectivity index (χ2n) is 4.75. The average Bonchev–Trinajstić information content (AvgIpc) is 2.53. The van der Waals surface area contributed by atoms with Crippen LogP contribution < -0.4 is 16.4 Å². The predicted molar refractivity (Wildman–Crippen MR) is 73.7 cm³/mol. The predicted octanol–water partition coefficient (Wildman–Crippen LogP) is 0.510. The molecule has 0 radical (unpaired) electrons. The molecule has 0 spiro atoms. The Balaban J connectivity index is 2.34. The van der Waals surface area contributed by atoms with Crippen LogP contribution in [0.4, 0.5) is 11.4 Å². The van der Waals surface area contributed by atoms with Crippen LogP contribution in [0.1, 0.15) is 16.8 Å². The molecule has 1 aromatic rings. The van der Waals surface area contributed by atoms with Crippen molar-refractivity contribution in [3.8, 4) is 0 Å². The summed E-state index contributed by atoms with van der Waals surface area (Å²) >= 11 is 0. The van der Waals surface area contributed by atoms with Crippen molar-refractivity contribution in [3.05, 3.63) is 23.8 Å². The summed E-state index contributed by atoms with van der Waals surface area (Å²) in [7, 11) is 2.10. The Morgan fingerprint density at radius 2 is 2.00 bits per heavy atom. The monoisotopic (exact) mass is 248 g/mol. The smallest absolute Gasteiger partial charge is 0.250 e. The minimum Gasteiger partial charge on any atom is -0.397 e.